The van der Waals surface area contributed by atoms with E-state index in [4.69, 9.17) is 5.11 Å². The van der Waals surface area contributed by atoms with Crippen LogP contribution in [0, 0.1) is 0 Å². The van der Waals surface area contributed by atoms with Crippen LogP contribution in [0.1, 0.15) is 19.3 Å². The normalized spacial score (nSPS) is 14.8. The first kappa shape index (κ1) is 18.0. The molecule has 6 heteroatoms. The summed E-state index contributed by atoms with van der Waals surface area (Å²) in [5.74, 6) is 0. The smallest absolute Gasteiger partial charge is 0.407 e. The lowest BCUT2D eigenvalue weighted by Crippen LogP contribution is -2.34. The predicted molar refractivity (Wildman–Crippen MR) is 55.2 cm³/mol. The molecule has 1 rings (SSSR count). The molecule has 1 fully saturated rings. The number of nitrogens with zero attached hydrogens (tertiary/aromatic N) is 1. The maximum Gasteiger partial charge on any atom is 0.407 e. The predicted octanol–water partition coefficient (Wildman–Crippen LogP) is 2.42. The molecule has 76 valence electrons. The van der Waals surface area contributed by atoms with E-state index < -0.39 is 6.09 Å². The summed E-state index contributed by atoms with van der Waals surface area (Å²) < 4.78 is 0. The maximum atomic E-state index is 10.3. The van der Waals surface area contributed by atoms with Gasteiger partial charge in [0, 0.05) is 13.1 Å². The van der Waals surface area contributed by atoms with Crippen LogP contribution in [0.4, 0.5) is 4.79 Å². The van der Waals surface area contributed by atoms with E-state index in [9.17, 15) is 4.79 Å². The summed E-state index contributed by atoms with van der Waals surface area (Å²) in [7, 11) is 0. The molecular formula is C6H14Cl3NO2. The summed E-state index contributed by atoms with van der Waals surface area (Å²) in [6.07, 6.45) is 2.48. The Bertz CT molecular complexity index is 117. The third kappa shape index (κ3) is 5.75. The zero-order chi connectivity index (χ0) is 6.69. The highest BCUT2D eigenvalue weighted by Gasteiger charge is 2.13. The number of likely N-dealkylation sites (tertiary alicyclic amines) is 1. The molecule has 0 spiro atoms. The van der Waals surface area contributed by atoms with Crippen molar-refractivity contribution >= 4 is 43.3 Å². The molecule has 12 heavy (non-hydrogen) atoms. The average molecular weight is 239 g/mol. The van der Waals surface area contributed by atoms with E-state index in [1.165, 1.54) is 11.3 Å². The molecular weight excluding hydrogens is 224 g/mol. The van der Waals surface area contributed by atoms with Crippen molar-refractivity contribution in [1.82, 2.24) is 4.90 Å². The Morgan fingerprint density at radius 2 is 1.42 bits per heavy atom. The van der Waals surface area contributed by atoms with Crippen molar-refractivity contribution in [2.24, 2.45) is 0 Å². The Balaban J connectivity index is -0.000000270. The van der Waals surface area contributed by atoms with E-state index >= 15 is 0 Å². The van der Waals surface area contributed by atoms with E-state index in [0.717, 1.165) is 25.9 Å². The minimum atomic E-state index is -0.769. The van der Waals surface area contributed by atoms with Gasteiger partial charge >= 0.3 is 6.09 Å². The van der Waals surface area contributed by atoms with Crippen LogP contribution in [0.2, 0.25) is 0 Å². The second kappa shape index (κ2) is 9.23. The lowest BCUT2D eigenvalue weighted by atomic mass is 10.1. The molecule has 0 aromatic heterocycles. The molecule has 0 aromatic rings. The van der Waals surface area contributed by atoms with Gasteiger partial charge in [-0.25, -0.2) is 4.79 Å². The fourth-order valence-electron chi connectivity index (χ4n) is 1.09. The fourth-order valence-corrected chi connectivity index (χ4v) is 1.09. The van der Waals surface area contributed by atoms with Crippen molar-refractivity contribution in [3.8, 4) is 0 Å². The van der Waals surface area contributed by atoms with E-state index in [2.05, 4.69) is 0 Å². The molecule has 0 aromatic carbocycles. The minimum Gasteiger partial charge on any atom is -0.465 e. The summed E-state index contributed by atoms with van der Waals surface area (Å²) in [6.45, 7) is 1.46. The minimum absolute atomic E-state index is 0. The van der Waals surface area contributed by atoms with Crippen LogP contribution < -0.4 is 0 Å². The number of hydrogen-bond donors (Lipinski definition) is 1. The van der Waals surface area contributed by atoms with Crippen molar-refractivity contribution in [2.45, 2.75) is 19.3 Å². The number of carbonyl (C=O) groups is 1. The molecule has 0 atom stereocenters. The molecule has 3 nitrogen and oxygen atoms in total. The van der Waals surface area contributed by atoms with E-state index in [-0.39, 0.29) is 37.2 Å². The largest absolute Gasteiger partial charge is 0.465 e. The zero-order valence-electron chi connectivity index (χ0n) is 6.56. The van der Waals surface area contributed by atoms with Gasteiger partial charge in [-0.15, -0.1) is 37.2 Å². The van der Waals surface area contributed by atoms with Crippen molar-refractivity contribution in [3.05, 3.63) is 0 Å². The van der Waals surface area contributed by atoms with Crippen LogP contribution in [0.15, 0.2) is 0 Å². The molecule has 1 amide bonds. The van der Waals surface area contributed by atoms with Crippen LogP contribution >= 0.6 is 37.2 Å². The Morgan fingerprint density at radius 3 is 1.67 bits per heavy atom. The highest BCUT2D eigenvalue weighted by Crippen LogP contribution is 2.07. The number of hydrogen-bond acceptors (Lipinski definition) is 1. The van der Waals surface area contributed by atoms with Crippen LogP contribution in [-0.2, 0) is 0 Å². The van der Waals surface area contributed by atoms with Gasteiger partial charge < -0.3 is 10.0 Å². The summed E-state index contributed by atoms with van der Waals surface area (Å²) >= 11 is 0. The monoisotopic (exact) mass is 237 g/mol. The highest BCUT2D eigenvalue weighted by molar-refractivity contribution is 5.86. The first-order valence-electron chi connectivity index (χ1n) is 3.28. The van der Waals surface area contributed by atoms with Crippen LogP contribution in [0.25, 0.3) is 0 Å². The van der Waals surface area contributed by atoms with Crippen LogP contribution in [-0.4, -0.2) is 29.2 Å². The van der Waals surface area contributed by atoms with Gasteiger partial charge in [0.15, 0.2) is 0 Å². The number of rotatable bonds is 0. The first-order chi connectivity index (χ1) is 4.30. The quantitative estimate of drug-likeness (QED) is 0.704. The summed E-state index contributed by atoms with van der Waals surface area (Å²) in [4.78, 5) is 11.8. The third-order valence-electron chi connectivity index (χ3n) is 1.63. The topological polar surface area (TPSA) is 40.5 Å². The average Bonchev–Trinajstić information content (AvgIpc) is 1.90. The second-order valence-electron chi connectivity index (χ2n) is 2.33. The number of carboxylic acid groups (broad SMARTS) is 1. The van der Waals surface area contributed by atoms with Gasteiger partial charge in [-0.1, -0.05) is 0 Å². The molecule has 0 aliphatic carbocycles. The van der Waals surface area contributed by atoms with Gasteiger partial charge in [-0.2, -0.15) is 0 Å². The maximum absolute atomic E-state index is 10.3. The number of piperidine rings is 1. The molecule has 1 aliphatic heterocycles. The highest BCUT2D eigenvalue weighted by atomic mass is 35.5. The molecule has 0 unspecified atom stereocenters. The van der Waals surface area contributed by atoms with E-state index in [1.54, 1.807) is 0 Å². The van der Waals surface area contributed by atoms with Gasteiger partial charge in [0.1, 0.15) is 0 Å². The molecule has 1 heterocycles. The Kier molecular flexibility index (Phi) is 13.9. The van der Waals surface area contributed by atoms with Gasteiger partial charge in [-0.05, 0) is 19.3 Å². The number of amides is 1. The first-order valence-corrected chi connectivity index (χ1v) is 3.28. The SMILES string of the molecule is Cl.Cl.Cl.O=C(O)N1CCCCC1. The van der Waals surface area contributed by atoms with E-state index in [1.807, 2.05) is 0 Å². The second-order valence-corrected chi connectivity index (χ2v) is 2.33. The Hall–Kier alpha value is 0.140. The van der Waals surface area contributed by atoms with Crippen molar-refractivity contribution in [1.29, 1.82) is 0 Å². The molecule has 0 saturated carbocycles. The van der Waals surface area contributed by atoms with Crippen molar-refractivity contribution in [2.75, 3.05) is 13.1 Å². The third-order valence-corrected chi connectivity index (χ3v) is 1.63. The molecule has 1 N–H and O–H groups in total. The summed E-state index contributed by atoms with van der Waals surface area (Å²) in [6, 6.07) is 0. The zero-order valence-corrected chi connectivity index (χ0v) is 9.01. The lowest BCUT2D eigenvalue weighted by Gasteiger charge is -2.22. The fraction of sp³-hybridized carbons (Fsp3) is 0.833. The summed E-state index contributed by atoms with van der Waals surface area (Å²) in [5.41, 5.74) is 0. The number of halogens is 3. The van der Waals surface area contributed by atoms with Gasteiger partial charge in [0.25, 0.3) is 0 Å². The molecule has 0 bridgehead atoms. The molecule has 1 aliphatic rings. The van der Waals surface area contributed by atoms with Crippen LogP contribution in [0.5, 0.6) is 0 Å². The van der Waals surface area contributed by atoms with Crippen molar-refractivity contribution < 1.29 is 9.90 Å². The van der Waals surface area contributed by atoms with Crippen LogP contribution in [0.3, 0.4) is 0 Å². The van der Waals surface area contributed by atoms with Crippen molar-refractivity contribution in [3.63, 3.8) is 0 Å². The van der Waals surface area contributed by atoms with Gasteiger partial charge in [0.2, 0.25) is 0 Å². The van der Waals surface area contributed by atoms with Gasteiger partial charge in [0.05, 0.1) is 0 Å². The van der Waals surface area contributed by atoms with Gasteiger partial charge in [-0.3, -0.25) is 0 Å². The standard InChI is InChI=1S/C6H11NO2.3ClH/c8-6(9)7-4-2-1-3-5-7;;;/h1-5H2,(H,8,9);3*1H. The van der Waals surface area contributed by atoms with E-state index in [0.29, 0.717) is 0 Å². The Labute approximate surface area is 90.7 Å². The lowest BCUT2D eigenvalue weighted by molar-refractivity contribution is 0.136. The molecule has 1 saturated heterocycles. The molecule has 0 radical (unpaired) electrons. The Morgan fingerprint density at radius 1 is 1.00 bits per heavy atom. The summed E-state index contributed by atoms with van der Waals surface area (Å²) in [5, 5.41) is 8.46.